The van der Waals surface area contributed by atoms with Crippen LogP contribution < -0.4 is 0 Å². The average Bonchev–Trinajstić information content (AvgIpc) is 3.56. The highest BCUT2D eigenvalue weighted by molar-refractivity contribution is 4.84. The van der Waals surface area contributed by atoms with E-state index >= 15 is 0 Å². The fourth-order valence-electron chi connectivity index (χ4n) is 0.708. The summed E-state index contributed by atoms with van der Waals surface area (Å²) in [5, 5.41) is 6.21. The Balaban J connectivity index is -0.0000000558. The van der Waals surface area contributed by atoms with E-state index in [0.717, 1.165) is 0 Å². The smallest absolute Gasteiger partial charge is 0.0919 e. The van der Waals surface area contributed by atoms with Crippen LogP contribution in [0, 0.1) is 16.2 Å². The van der Waals surface area contributed by atoms with Gasteiger partial charge in [0.05, 0.1) is 6.33 Å². The Labute approximate surface area is 235 Å². The summed E-state index contributed by atoms with van der Waals surface area (Å²) in [6.07, 6.45) is 12.3. The molecule has 0 saturated heterocycles. The largest absolute Gasteiger partial charge is 0.368 e. The highest BCUT2D eigenvalue weighted by Gasteiger charge is 1.96. The highest BCUT2D eigenvalue weighted by Crippen LogP contribution is 2.08. The molecule has 0 saturated carbocycles. The van der Waals surface area contributed by atoms with Crippen LogP contribution in [0.5, 0.6) is 0 Å². The molecule has 0 bridgehead atoms. The summed E-state index contributed by atoms with van der Waals surface area (Å²) < 4.78 is 0. The van der Waals surface area contributed by atoms with Gasteiger partial charge in [0.1, 0.15) is 0 Å². The normalized spacial score (nSPS) is 8.59. The van der Waals surface area contributed by atoms with E-state index in [9.17, 15) is 0 Å². The minimum absolute atomic E-state index is 0. The van der Waals surface area contributed by atoms with E-state index in [1.165, 1.54) is 0 Å². The minimum Gasteiger partial charge on any atom is -0.368 e. The maximum atomic E-state index is 3.67. The molecule has 0 radical (unpaired) electrons. The molecule has 0 aromatic carbocycles. The van der Waals surface area contributed by atoms with Gasteiger partial charge in [-0.3, -0.25) is 5.10 Å². The summed E-state index contributed by atoms with van der Waals surface area (Å²) in [6, 6.07) is 5.72. The van der Waals surface area contributed by atoms with E-state index in [-0.39, 0.29) is 7.43 Å². The van der Waals surface area contributed by atoms with Crippen LogP contribution in [0.4, 0.5) is 0 Å². The van der Waals surface area contributed by atoms with E-state index < -0.39 is 0 Å². The Bertz CT molecular complexity index is 431. The first-order valence-electron chi connectivity index (χ1n) is 13.4. The predicted octanol–water partition coefficient (Wildman–Crippen LogP) is 11.7. The summed E-state index contributed by atoms with van der Waals surface area (Å²) in [6.45, 7) is 38.2. The lowest BCUT2D eigenvalue weighted by molar-refractivity contribution is 0.469. The second-order valence-corrected chi connectivity index (χ2v) is 11.4. The lowest BCUT2D eigenvalue weighted by atomic mass is 10.0. The number of hydrogen-bond donors (Lipinski definition) is 3. The van der Waals surface area contributed by atoms with Gasteiger partial charge >= 0.3 is 0 Å². The van der Waals surface area contributed by atoms with Crippen molar-refractivity contribution >= 4 is 0 Å². The molecule has 3 aromatic heterocycles. The zero-order valence-corrected chi connectivity index (χ0v) is 27.7. The number of aromatic amines is 3. The fraction of sp³-hybridized carbons (Fsp3) is 0.688. The number of rotatable bonds is 0. The monoisotopic (exact) mass is 526 g/mol. The van der Waals surface area contributed by atoms with Gasteiger partial charge in [-0.1, -0.05) is 132 Å². The van der Waals surface area contributed by atoms with Crippen LogP contribution >= 0.6 is 0 Å². The van der Waals surface area contributed by atoms with Gasteiger partial charge in [-0.15, -0.1) is 0 Å². The first-order chi connectivity index (χ1) is 16.5. The molecule has 0 aliphatic rings. The van der Waals surface area contributed by atoms with Crippen molar-refractivity contribution < 1.29 is 0 Å². The summed E-state index contributed by atoms with van der Waals surface area (Å²) >= 11 is 0. The van der Waals surface area contributed by atoms with Gasteiger partial charge in [0.2, 0.25) is 0 Å². The topological polar surface area (TPSA) is 73.2 Å². The van der Waals surface area contributed by atoms with E-state index in [1.807, 2.05) is 72.1 Å². The van der Waals surface area contributed by atoms with Crippen LogP contribution in [-0.2, 0) is 0 Å². The molecule has 3 aromatic rings. The third-order valence-corrected chi connectivity index (χ3v) is 1.31. The van der Waals surface area contributed by atoms with E-state index in [1.54, 1.807) is 31.1 Å². The van der Waals surface area contributed by atoms with E-state index in [0.29, 0.717) is 16.2 Å². The predicted molar refractivity (Wildman–Crippen MR) is 174 cm³/mol. The molecule has 37 heavy (non-hydrogen) atoms. The lowest BCUT2D eigenvalue weighted by Crippen LogP contribution is -1.93. The minimum atomic E-state index is 0. The molecule has 0 atom stereocenters. The average molecular weight is 526 g/mol. The molecule has 3 rings (SSSR count). The van der Waals surface area contributed by atoms with Gasteiger partial charge in [-0.2, -0.15) is 5.10 Å². The Morgan fingerprint density at radius 1 is 0.459 bits per heavy atom. The fourth-order valence-corrected chi connectivity index (χ4v) is 0.708. The molecule has 3 heterocycles. The standard InChI is InChI=1S/3C5H12.C4H5N.2C3H4N2.3C2H6.CH4/c3*1-5(2,3)4;1-2-4-5-3-1;1-2-5-3-4-1;1-2-4-5-3-1;3*1-2;/h3*1-4H3;1-5H;2*1-3H,(H,4,5);3*1-2H3;1H4. The van der Waals surface area contributed by atoms with Crippen LogP contribution in [0.2, 0.25) is 0 Å². The lowest BCUT2D eigenvalue weighted by Gasteiger charge is -2.05. The molecular weight excluding hydrogens is 454 g/mol. The number of H-pyrrole nitrogens is 3. The maximum absolute atomic E-state index is 3.67. The molecule has 224 valence electrons. The van der Waals surface area contributed by atoms with E-state index in [4.69, 9.17) is 0 Å². The second kappa shape index (κ2) is 38.2. The summed E-state index contributed by atoms with van der Waals surface area (Å²) in [5.74, 6) is 0. The van der Waals surface area contributed by atoms with Gasteiger partial charge < -0.3 is 9.97 Å². The van der Waals surface area contributed by atoms with Gasteiger partial charge in [-0.25, -0.2) is 4.98 Å². The third-order valence-electron chi connectivity index (χ3n) is 1.31. The SMILES string of the molecule is C.CC.CC.CC.CC(C)(C)C.CC(C)(C)C.CC(C)(C)C.c1c[nH]cn1.c1cc[nH]c1.c1cn[nH]c1. The Hall–Kier alpha value is -2.30. The van der Waals surface area contributed by atoms with Crippen LogP contribution in [0.25, 0.3) is 0 Å². The van der Waals surface area contributed by atoms with Crippen molar-refractivity contribution in [3.8, 4) is 0 Å². The number of hydrogen-bond acceptors (Lipinski definition) is 2. The molecule has 5 heteroatoms. The molecule has 0 amide bonds. The maximum Gasteiger partial charge on any atom is 0.0919 e. The molecule has 0 spiro atoms. The Kier molecular flexibility index (Phi) is 53.1. The van der Waals surface area contributed by atoms with Crippen LogP contribution in [0.1, 0.15) is 132 Å². The summed E-state index contributed by atoms with van der Waals surface area (Å²) in [7, 11) is 0. The van der Waals surface area contributed by atoms with Crippen molar-refractivity contribution in [1.82, 2.24) is 25.1 Å². The van der Waals surface area contributed by atoms with Crippen LogP contribution in [0.15, 0.2) is 61.7 Å². The summed E-state index contributed by atoms with van der Waals surface area (Å²) in [4.78, 5) is 9.28. The zero-order chi connectivity index (χ0) is 30.1. The number of aromatic nitrogens is 5. The molecule has 0 aliphatic carbocycles. The quantitative estimate of drug-likeness (QED) is 0.273. The summed E-state index contributed by atoms with van der Waals surface area (Å²) in [5.41, 5.74) is 1.50. The van der Waals surface area contributed by atoms with Gasteiger partial charge in [-0.05, 0) is 34.4 Å². The van der Waals surface area contributed by atoms with E-state index in [2.05, 4.69) is 108 Å². The molecule has 0 aliphatic heterocycles. The number of nitrogens with zero attached hydrogens (tertiary/aromatic N) is 2. The van der Waals surface area contributed by atoms with Crippen LogP contribution in [0.3, 0.4) is 0 Å². The van der Waals surface area contributed by atoms with Crippen molar-refractivity contribution in [3.63, 3.8) is 0 Å². The molecule has 5 nitrogen and oxygen atoms in total. The molecule has 0 unspecified atom stereocenters. The third kappa shape index (κ3) is 210. The first kappa shape index (κ1) is 51.4. The van der Waals surface area contributed by atoms with Crippen LogP contribution in [-0.4, -0.2) is 25.1 Å². The van der Waals surface area contributed by atoms with Crippen molar-refractivity contribution in [2.24, 2.45) is 16.2 Å². The first-order valence-corrected chi connectivity index (χ1v) is 13.4. The van der Waals surface area contributed by atoms with Gasteiger partial charge in [0, 0.05) is 37.2 Å². The number of nitrogens with one attached hydrogen (secondary N) is 3. The Morgan fingerprint density at radius 2 is 0.811 bits per heavy atom. The molecule has 3 N–H and O–H groups in total. The van der Waals surface area contributed by atoms with Gasteiger partial charge in [0.15, 0.2) is 0 Å². The molecular formula is C32H71N5. The zero-order valence-electron chi connectivity index (χ0n) is 27.7. The van der Waals surface area contributed by atoms with Gasteiger partial charge in [0.25, 0.3) is 0 Å². The van der Waals surface area contributed by atoms with Crippen molar-refractivity contribution in [2.45, 2.75) is 132 Å². The van der Waals surface area contributed by atoms with Crippen molar-refractivity contribution in [3.05, 3.63) is 61.7 Å². The number of imidazole rings is 1. The Morgan fingerprint density at radius 3 is 0.892 bits per heavy atom. The highest BCUT2D eigenvalue weighted by atomic mass is 15.1. The molecule has 0 fully saturated rings. The van der Waals surface area contributed by atoms with Crippen molar-refractivity contribution in [1.29, 1.82) is 0 Å². The van der Waals surface area contributed by atoms with Crippen molar-refractivity contribution in [2.75, 3.05) is 0 Å². The second-order valence-electron chi connectivity index (χ2n) is 11.4.